The molecule has 0 bridgehead atoms. The average molecular weight is 406 g/mol. The SMILES string of the molecule is COc1cccc(C(CNC(=O)Cn2cnc3ccccc3c2=O)N2CCCC2)c1. The lowest BCUT2D eigenvalue weighted by Gasteiger charge is -2.28. The van der Waals surface area contributed by atoms with E-state index in [0.29, 0.717) is 17.4 Å². The summed E-state index contributed by atoms with van der Waals surface area (Å²) in [5, 5.41) is 3.52. The molecule has 1 saturated heterocycles. The van der Waals surface area contributed by atoms with Crippen LogP contribution < -0.4 is 15.6 Å². The Morgan fingerprint density at radius 2 is 1.97 bits per heavy atom. The lowest BCUT2D eigenvalue weighted by molar-refractivity contribution is -0.122. The number of hydrogen-bond acceptors (Lipinski definition) is 5. The van der Waals surface area contributed by atoms with Gasteiger partial charge in [-0.15, -0.1) is 0 Å². The van der Waals surface area contributed by atoms with Crippen LogP contribution in [0.5, 0.6) is 5.75 Å². The molecule has 1 aromatic heterocycles. The fourth-order valence-corrected chi connectivity index (χ4v) is 4.00. The fraction of sp³-hybridized carbons (Fsp3) is 0.348. The highest BCUT2D eigenvalue weighted by molar-refractivity contribution is 5.78. The highest BCUT2D eigenvalue weighted by Crippen LogP contribution is 2.27. The summed E-state index contributed by atoms with van der Waals surface area (Å²) in [5.41, 5.74) is 1.53. The van der Waals surface area contributed by atoms with Crippen LogP contribution in [-0.4, -0.2) is 47.1 Å². The van der Waals surface area contributed by atoms with E-state index in [0.717, 1.165) is 37.2 Å². The maximum absolute atomic E-state index is 12.6. The molecule has 1 unspecified atom stereocenters. The van der Waals surface area contributed by atoms with Crippen LogP contribution in [0.25, 0.3) is 10.9 Å². The Bertz CT molecular complexity index is 1090. The molecule has 7 heteroatoms. The minimum absolute atomic E-state index is 0.0541. The van der Waals surface area contributed by atoms with Crippen molar-refractivity contribution in [1.82, 2.24) is 19.8 Å². The van der Waals surface area contributed by atoms with Crippen molar-refractivity contribution in [2.24, 2.45) is 0 Å². The number of aromatic nitrogens is 2. The van der Waals surface area contributed by atoms with Crippen molar-refractivity contribution >= 4 is 16.8 Å². The second-order valence-corrected chi connectivity index (χ2v) is 7.53. The number of carbonyl (C=O) groups excluding carboxylic acids is 1. The van der Waals surface area contributed by atoms with Crippen molar-refractivity contribution in [2.75, 3.05) is 26.7 Å². The quantitative estimate of drug-likeness (QED) is 0.652. The van der Waals surface area contributed by atoms with Gasteiger partial charge in [0.15, 0.2) is 0 Å². The zero-order valence-electron chi connectivity index (χ0n) is 17.1. The molecule has 0 radical (unpaired) electrons. The summed E-state index contributed by atoms with van der Waals surface area (Å²) < 4.78 is 6.72. The summed E-state index contributed by atoms with van der Waals surface area (Å²) in [4.78, 5) is 31.9. The number of hydrogen-bond donors (Lipinski definition) is 1. The smallest absolute Gasteiger partial charge is 0.261 e. The molecule has 3 aromatic rings. The molecule has 1 fully saturated rings. The summed E-state index contributed by atoms with van der Waals surface area (Å²) in [6, 6.07) is 15.2. The monoisotopic (exact) mass is 406 g/mol. The lowest BCUT2D eigenvalue weighted by atomic mass is 10.0. The van der Waals surface area contributed by atoms with Crippen molar-refractivity contribution in [3.05, 3.63) is 70.8 Å². The number of para-hydroxylation sites is 1. The first-order valence-corrected chi connectivity index (χ1v) is 10.2. The van der Waals surface area contributed by atoms with Crippen molar-refractivity contribution in [3.8, 4) is 5.75 Å². The summed E-state index contributed by atoms with van der Waals surface area (Å²) in [7, 11) is 1.65. The molecule has 30 heavy (non-hydrogen) atoms. The summed E-state index contributed by atoms with van der Waals surface area (Å²) in [5.74, 6) is 0.595. The standard InChI is InChI=1S/C23H26N4O3/c1-30-18-8-6-7-17(13-18)21(26-11-4-5-12-26)14-24-22(28)15-27-16-25-20-10-3-2-9-19(20)23(27)29/h2-3,6-10,13,16,21H,4-5,11-12,14-15H2,1H3,(H,24,28). The van der Waals surface area contributed by atoms with E-state index in [-0.39, 0.29) is 24.1 Å². The van der Waals surface area contributed by atoms with Crippen LogP contribution in [0, 0.1) is 0 Å². The Hall–Kier alpha value is -3.19. The predicted octanol–water partition coefficient (Wildman–Crippen LogP) is 2.36. The average Bonchev–Trinajstić information content (AvgIpc) is 3.31. The molecule has 156 valence electrons. The van der Waals surface area contributed by atoms with Gasteiger partial charge in [0.05, 0.1) is 30.4 Å². The van der Waals surface area contributed by atoms with Crippen LogP contribution in [-0.2, 0) is 11.3 Å². The highest BCUT2D eigenvalue weighted by atomic mass is 16.5. The number of nitrogens with zero attached hydrogens (tertiary/aromatic N) is 3. The summed E-state index contributed by atoms with van der Waals surface area (Å²) in [6.07, 6.45) is 3.75. The third kappa shape index (κ3) is 4.36. The Kier molecular flexibility index (Phi) is 6.09. The van der Waals surface area contributed by atoms with E-state index < -0.39 is 0 Å². The van der Waals surface area contributed by atoms with Gasteiger partial charge in [-0.1, -0.05) is 24.3 Å². The van der Waals surface area contributed by atoms with E-state index in [1.54, 1.807) is 25.3 Å². The van der Waals surface area contributed by atoms with Gasteiger partial charge in [0, 0.05) is 6.54 Å². The van der Waals surface area contributed by atoms with Gasteiger partial charge in [0.1, 0.15) is 12.3 Å². The first-order valence-electron chi connectivity index (χ1n) is 10.2. The van der Waals surface area contributed by atoms with Crippen molar-refractivity contribution in [2.45, 2.75) is 25.4 Å². The number of fused-ring (bicyclic) bond motifs is 1. The third-order valence-corrected chi connectivity index (χ3v) is 5.60. The molecule has 2 heterocycles. The molecular formula is C23H26N4O3. The molecule has 7 nitrogen and oxygen atoms in total. The molecule has 2 aromatic carbocycles. The van der Waals surface area contributed by atoms with Crippen LogP contribution in [0.15, 0.2) is 59.7 Å². The van der Waals surface area contributed by atoms with Crippen LogP contribution in [0.3, 0.4) is 0 Å². The normalized spacial score (nSPS) is 15.2. The Morgan fingerprint density at radius 3 is 2.77 bits per heavy atom. The predicted molar refractivity (Wildman–Crippen MR) is 116 cm³/mol. The number of likely N-dealkylation sites (tertiary alicyclic amines) is 1. The summed E-state index contributed by atoms with van der Waals surface area (Å²) >= 11 is 0. The first-order chi connectivity index (χ1) is 14.7. The van der Waals surface area contributed by atoms with Gasteiger partial charge < -0.3 is 10.1 Å². The number of ether oxygens (including phenoxy) is 1. The molecule has 4 rings (SSSR count). The van der Waals surface area contributed by atoms with Gasteiger partial charge in [-0.3, -0.25) is 19.1 Å². The molecule has 1 amide bonds. The molecule has 1 N–H and O–H groups in total. The molecular weight excluding hydrogens is 380 g/mol. The van der Waals surface area contributed by atoms with Crippen molar-refractivity contribution < 1.29 is 9.53 Å². The van der Waals surface area contributed by atoms with Crippen LogP contribution in [0.4, 0.5) is 0 Å². The maximum atomic E-state index is 12.6. The first kappa shape index (κ1) is 20.1. The molecule has 1 atom stereocenters. The number of amides is 1. The molecule has 0 saturated carbocycles. The van der Waals surface area contributed by atoms with Crippen molar-refractivity contribution in [1.29, 1.82) is 0 Å². The van der Waals surface area contributed by atoms with E-state index in [1.165, 1.54) is 10.9 Å². The minimum Gasteiger partial charge on any atom is -0.497 e. The number of rotatable bonds is 7. The second kappa shape index (κ2) is 9.09. The lowest BCUT2D eigenvalue weighted by Crippen LogP contribution is -2.39. The topological polar surface area (TPSA) is 76.5 Å². The number of methoxy groups -OCH3 is 1. The molecule has 1 aliphatic heterocycles. The van der Waals surface area contributed by atoms with E-state index in [1.807, 2.05) is 24.3 Å². The van der Waals surface area contributed by atoms with Crippen LogP contribution in [0.2, 0.25) is 0 Å². The van der Waals surface area contributed by atoms with E-state index >= 15 is 0 Å². The zero-order valence-corrected chi connectivity index (χ0v) is 17.1. The second-order valence-electron chi connectivity index (χ2n) is 7.53. The van der Waals surface area contributed by atoms with Crippen LogP contribution in [0.1, 0.15) is 24.4 Å². The minimum atomic E-state index is -0.209. The summed E-state index contributed by atoms with van der Waals surface area (Å²) in [6.45, 7) is 2.43. The fourth-order valence-electron chi connectivity index (χ4n) is 4.00. The third-order valence-electron chi connectivity index (χ3n) is 5.60. The highest BCUT2D eigenvalue weighted by Gasteiger charge is 2.24. The van der Waals surface area contributed by atoms with Gasteiger partial charge in [-0.05, 0) is 55.8 Å². The van der Waals surface area contributed by atoms with Gasteiger partial charge >= 0.3 is 0 Å². The number of carbonyl (C=O) groups is 1. The van der Waals surface area contributed by atoms with E-state index in [2.05, 4.69) is 21.3 Å². The maximum Gasteiger partial charge on any atom is 0.261 e. The van der Waals surface area contributed by atoms with E-state index in [9.17, 15) is 9.59 Å². The Balaban J connectivity index is 1.47. The van der Waals surface area contributed by atoms with Gasteiger partial charge in [-0.25, -0.2) is 4.98 Å². The van der Waals surface area contributed by atoms with Gasteiger partial charge in [0.2, 0.25) is 5.91 Å². The van der Waals surface area contributed by atoms with Gasteiger partial charge in [0.25, 0.3) is 5.56 Å². The zero-order chi connectivity index (χ0) is 20.9. The Morgan fingerprint density at radius 1 is 1.17 bits per heavy atom. The van der Waals surface area contributed by atoms with Crippen molar-refractivity contribution in [3.63, 3.8) is 0 Å². The number of nitrogens with one attached hydrogen (secondary N) is 1. The molecule has 0 aliphatic carbocycles. The molecule has 0 spiro atoms. The Labute approximate surface area is 175 Å². The van der Waals surface area contributed by atoms with E-state index in [4.69, 9.17) is 4.74 Å². The number of benzene rings is 2. The largest absolute Gasteiger partial charge is 0.497 e. The molecule has 1 aliphatic rings. The van der Waals surface area contributed by atoms with Gasteiger partial charge in [-0.2, -0.15) is 0 Å². The van der Waals surface area contributed by atoms with Crippen LogP contribution >= 0.6 is 0 Å².